The molecule has 0 radical (unpaired) electrons. The van der Waals surface area contributed by atoms with E-state index in [9.17, 15) is 18.7 Å². The number of benzene rings is 1. The molecule has 0 amide bonds. The van der Waals surface area contributed by atoms with E-state index in [-0.39, 0.29) is 12.1 Å². The number of hydrogen-bond donors (Lipinski definition) is 1. The Morgan fingerprint density at radius 2 is 2.05 bits per heavy atom. The molecule has 0 fully saturated rings. The van der Waals surface area contributed by atoms with E-state index in [1.807, 2.05) is 0 Å². The second kappa shape index (κ2) is 5.61. The maximum atomic E-state index is 13.2. The van der Waals surface area contributed by atoms with Crippen LogP contribution in [0.1, 0.15) is 11.7 Å². The predicted molar refractivity (Wildman–Crippen MR) is 75.1 cm³/mol. The Hall–Kier alpha value is -2.67. The van der Waals surface area contributed by atoms with Crippen molar-refractivity contribution in [1.29, 1.82) is 0 Å². The molecule has 0 spiro atoms. The van der Waals surface area contributed by atoms with Crippen LogP contribution in [-0.2, 0) is 6.54 Å². The van der Waals surface area contributed by atoms with Crippen LogP contribution >= 0.6 is 0 Å². The van der Waals surface area contributed by atoms with Crippen molar-refractivity contribution in [2.45, 2.75) is 12.6 Å². The minimum absolute atomic E-state index is 0.166. The first kappa shape index (κ1) is 14.3. The van der Waals surface area contributed by atoms with Gasteiger partial charge in [-0.2, -0.15) is 5.10 Å². The number of fused-ring (bicyclic) bond motifs is 1. The van der Waals surface area contributed by atoms with E-state index in [4.69, 9.17) is 0 Å². The molecule has 0 bridgehead atoms. The summed E-state index contributed by atoms with van der Waals surface area (Å²) in [4.78, 5) is 16.2. The van der Waals surface area contributed by atoms with Crippen molar-refractivity contribution in [3.8, 4) is 0 Å². The second-order valence-electron chi connectivity index (χ2n) is 4.76. The van der Waals surface area contributed by atoms with Gasteiger partial charge in [-0.15, -0.1) is 0 Å². The molecule has 3 rings (SSSR count). The standard InChI is InChI=1S/C15H11F2N3O2/c16-11-4-3-9(6-12(11)17)14(21)8-20-15(22)10-2-1-5-18-13(10)7-19-20/h1-7,14,21H,8H2/t14-/m1/s1. The van der Waals surface area contributed by atoms with Crippen molar-refractivity contribution < 1.29 is 13.9 Å². The maximum absolute atomic E-state index is 13.2. The first-order valence-corrected chi connectivity index (χ1v) is 6.50. The molecule has 1 atom stereocenters. The lowest BCUT2D eigenvalue weighted by Gasteiger charge is -2.12. The van der Waals surface area contributed by atoms with Gasteiger partial charge in [0.2, 0.25) is 0 Å². The molecular weight excluding hydrogens is 292 g/mol. The molecule has 1 N–H and O–H groups in total. The Labute approximate surface area is 123 Å². The molecule has 0 aliphatic rings. The zero-order valence-corrected chi connectivity index (χ0v) is 11.3. The van der Waals surface area contributed by atoms with Crippen molar-refractivity contribution in [1.82, 2.24) is 14.8 Å². The Kier molecular flexibility index (Phi) is 3.64. The van der Waals surface area contributed by atoms with E-state index in [0.717, 1.165) is 16.8 Å². The van der Waals surface area contributed by atoms with Gasteiger partial charge in [-0.1, -0.05) is 6.07 Å². The van der Waals surface area contributed by atoms with Gasteiger partial charge >= 0.3 is 0 Å². The summed E-state index contributed by atoms with van der Waals surface area (Å²) < 4.78 is 27.1. The number of hydrogen-bond acceptors (Lipinski definition) is 4. The van der Waals surface area contributed by atoms with Crippen LogP contribution < -0.4 is 5.56 Å². The van der Waals surface area contributed by atoms with E-state index < -0.39 is 23.3 Å². The summed E-state index contributed by atoms with van der Waals surface area (Å²) in [5, 5.41) is 14.4. The number of aliphatic hydroxyl groups is 1. The molecule has 0 aliphatic heterocycles. The van der Waals surface area contributed by atoms with Crippen LogP contribution in [0.3, 0.4) is 0 Å². The lowest BCUT2D eigenvalue weighted by atomic mass is 10.1. The van der Waals surface area contributed by atoms with Crippen molar-refractivity contribution in [3.05, 3.63) is 70.3 Å². The Bertz CT molecular complexity index is 895. The van der Waals surface area contributed by atoms with Crippen LogP contribution in [0, 0.1) is 11.6 Å². The highest BCUT2D eigenvalue weighted by molar-refractivity contribution is 5.75. The Morgan fingerprint density at radius 1 is 1.23 bits per heavy atom. The lowest BCUT2D eigenvalue weighted by Crippen LogP contribution is -2.26. The molecule has 1 aromatic carbocycles. The van der Waals surface area contributed by atoms with Crippen LogP contribution in [0.25, 0.3) is 10.9 Å². The minimum Gasteiger partial charge on any atom is -0.386 e. The van der Waals surface area contributed by atoms with Gasteiger partial charge < -0.3 is 5.11 Å². The molecule has 2 aromatic heterocycles. The van der Waals surface area contributed by atoms with Gasteiger partial charge in [0.1, 0.15) is 0 Å². The highest BCUT2D eigenvalue weighted by Gasteiger charge is 2.14. The summed E-state index contributed by atoms with van der Waals surface area (Å²) in [7, 11) is 0. The van der Waals surface area contributed by atoms with Crippen LogP contribution in [0.5, 0.6) is 0 Å². The molecule has 0 aliphatic carbocycles. The number of pyridine rings is 1. The summed E-state index contributed by atoms with van der Waals surface area (Å²) in [6.07, 6.45) is 1.77. The van der Waals surface area contributed by atoms with Gasteiger partial charge in [-0.25, -0.2) is 13.5 Å². The van der Waals surface area contributed by atoms with E-state index >= 15 is 0 Å². The molecule has 5 nitrogen and oxygen atoms in total. The predicted octanol–water partition coefficient (Wildman–Crippen LogP) is 1.80. The smallest absolute Gasteiger partial charge is 0.276 e. The van der Waals surface area contributed by atoms with E-state index in [0.29, 0.717) is 10.9 Å². The maximum Gasteiger partial charge on any atom is 0.276 e. The summed E-state index contributed by atoms with van der Waals surface area (Å²) in [6, 6.07) is 6.31. The lowest BCUT2D eigenvalue weighted by molar-refractivity contribution is 0.149. The van der Waals surface area contributed by atoms with Gasteiger partial charge in [0, 0.05) is 6.20 Å². The van der Waals surface area contributed by atoms with E-state index in [2.05, 4.69) is 10.1 Å². The van der Waals surface area contributed by atoms with Crippen LogP contribution in [0.2, 0.25) is 0 Å². The summed E-state index contributed by atoms with van der Waals surface area (Å²) in [6.45, 7) is -0.172. The van der Waals surface area contributed by atoms with Crippen LogP contribution in [0.15, 0.2) is 47.5 Å². The highest BCUT2D eigenvalue weighted by Crippen LogP contribution is 2.17. The van der Waals surface area contributed by atoms with Crippen molar-refractivity contribution in [3.63, 3.8) is 0 Å². The van der Waals surface area contributed by atoms with Gasteiger partial charge in [0.05, 0.1) is 29.7 Å². The van der Waals surface area contributed by atoms with E-state index in [1.165, 1.54) is 12.3 Å². The number of rotatable bonds is 3. The average Bonchev–Trinajstić information content (AvgIpc) is 2.53. The van der Waals surface area contributed by atoms with Gasteiger partial charge in [-0.05, 0) is 29.8 Å². The monoisotopic (exact) mass is 303 g/mol. The topological polar surface area (TPSA) is 68.0 Å². The molecule has 0 saturated heterocycles. The third-order valence-electron chi connectivity index (χ3n) is 3.30. The zero-order valence-electron chi connectivity index (χ0n) is 11.3. The largest absolute Gasteiger partial charge is 0.386 e. The fourth-order valence-electron chi connectivity index (χ4n) is 2.14. The minimum atomic E-state index is -1.19. The fraction of sp³-hybridized carbons (Fsp3) is 0.133. The molecule has 3 aromatic rings. The molecule has 0 unspecified atom stereocenters. The first-order valence-electron chi connectivity index (χ1n) is 6.50. The third-order valence-corrected chi connectivity index (χ3v) is 3.30. The first-order chi connectivity index (χ1) is 10.6. The van der Waals surface area contributed by atoms with Crippen molar-refractivity contribution >= 4 is 10.9 Å². The summed E-state index contributed by atoms with van der Waals surface area (Å²) >= 11 is 0. The molecular formula is C15H11F2N3O2. The fourth-order valence-corrected chi connectivity index (χ4v) is 2.14. The molecule has 0 saturated carbocycles. The quantitative estimate of drug-likeness (QED) is 0.801. The highest BCUT2D eigenvalue weighted by atomic mass is 19.2. The second-order valence-corrected chi connectivity index (χ2v) is 4.76. The van der Waals surface area contributed by atoms with Gasteiger partial charge in [0.15, 0.2) is 11.6 Å². The molecule has 112 valence electrons. The Morgan fingerprint density at radius 3 is 2.82 bits per heavy atom. The normalized spacial score (nSPS) is 12.5. The number of aliphatic hydroxyl groups excluding tert-OH is 1. The SMILES string of the molecule is O=c1c2cccnc2cnn1C[C@@H](O)c1ccc(F)c(F)c1. The number of aromatic nitrogens is 3. The average molecular weight is 303 g/mol. The van der Waals surface area contributed by atoms with Crippen LogP contribution in [-0.4, -0.2) is 19.9 Å². The zero-order chi connectivity index (χ0) is 15.7. The number of halogens is 2. The Balaban J connectivity index is 1.94. The van der Waals surface area contributed by atoms with Crippen molar-refractivity contribution in [2.24, 2.45) is 0 Å². The number of nitrogens with zero attached hydrogens (tertiary/aromatic N) is 3. The van der Waals surface area contributed by atoms with E-state index in [1.54, 1.807) is 18.3 Å². The van der Waals surface area contributed by atoms with Gasteiger partial charge in [0.25, 0.3) is 5.56 Å². The molecule has 22 heavy (non-hydrogen) atoms. The van der Waals surface area contributed by atoms with Crippen molar-refractivity contribution in [2.75, 3.05) is 0 Å². The molecule has 2 heterocycles. The summed E-state index contributed by atoms with van der Waals surface area (Å²) in [5.41, 5.74) is 0.206. The van der Waals surface area contributed by atoms with Gasteiger partial charge in [-0.3, -0.25) is 9.78 Å². The summed E-state index contributed by atoms with van der Waals surface area (Å²) in [5.74, 6) is -2.05. The van der Waals surface area contributed by atoms with Crippen LogP contribution in [0.4, 0.5) is 8.78 Å². The molecule has 7 heteroatoms. The third kappa shape index (κ3) is 2.58.